The summed E-state index contributed by atoms with van der Waals surface area (Å²) in [5.41, 5.74) is -0.156. The Hall–Kier alpha value is -0.710. The minimum Gasteiger partial charge on any atom is -0.469 e. The average molecular weight is 423 g/mol. The molecule has 0 saturated heterocycles. The number of methoxy groups -OCH3 is 1. The Morgan fingerprint density at radius 1 is 1.07 bits per heavy atom. The second-order valence-corrected chi connectivity index (χ2v) is 11.7. The SMILES string of the molecule is COC(=O)[C@]1(C)CCC[C@@]2(C)C3CC4CCC3(CCC21)C(OC(C)=O)C4CSC. The Labute approximate surface area is 180 Å². The van der Waals surface area contributed by atoms with Crippen LogP contribution >= 0.6 is 11.8 Å². The van der Waals surface area contributed by atoms with Crippen LogP contribution in [0.2, 0.25) is 0 Å². The van der Waals surface area contributed by atoms with Gasteiger partial charge in [-0.3, -0.25) is 9.59 Å². The van der Waals surface area contributed by atoms with Crippen molar-refractivity contribution in [3.05, 3.63) is 0 Å². The maximum absolute atomic E-state index is 12.9. The molecule has 5 aliphatic rings. The normalized spacial score (nSPS) is 48.4. The number of esters is 2. The number of fused-ring (bicyclic) bond motifs is 3. The van der Waals surface area contributed by atoms with Gasteiger partial charge < -0.3 is 9.47 Å². The molecule has 5 rings (SSSR count). The maximum Gasteiger partial charge on any atom is 0.311 e. The summed E-state index contributed by atoms with van der Waals surface area (Å²) in [5.74, 6) is 2.95. The van der Waals surface area contributed by atoms with Crippen LogP contribution < -0.4 is 0 Å². The number of hydrogen-bond acceptors (Lipinski definition) is 5. The van der Waals surface area contributed by atoms with Crippen molar-refractivity contribution >= 4 is 23.7 Å². The first-order valence-corrected chi connectivity index (χ1v) is 12.9. The van der Waals surface area contributed by atoms with E-state index in [1.165, 1.54) is 32.8 Å². The van der Waals surface area contributed by atoms with E-state index in [1.54, 1.807) is 6.92 Å². The Kier molecular flexibility index (Phi) is 5.53. The summed E-state index contributed by atoms with van der Waals surface area (Å²) >= 11 is 1.89. The molecule has 0 heterocycles. The Bertz CT molecular complexity index is 680. The van der Waals surface area contributed by atoms with E-state index in [2.05, 4.69) is 20.1 Å². The van der Waals surface area contributed by atoms with Crippen LogP contribution in [0.4, 0.5) is 0 Å². The zero-order valence-electron chi connectivity index (χ0n) is 18.8. The van der Waals surface area contributed by atoms with Crippen molar-refractivity contribution in [3.8, 4) is 0 Å². The van der Waals surface area contributed by atoms with E-state index in [0.717, 1.165) is 31.4 Å². The fourth-order valence-corrected chi connectivity index (χ4v) is 9.55. The van der Waals surface area contributed by atoms with Gasteiger partial charge in [0.1, 0.15) is 6.10 Å². The Morgan fingerprint density at radius 2 is 1.79 bits per heavy atom. The lowest BCUT2D eigenvalue weighted by atomic mass is 9.35. The molecular weight excluding hydrogens is 384 g/mol. The molecule has 29 heavy (non-hydrogen) atoms. The Morgan fingerprint density at radius 3 is 2.45 bits per heavy atom. The van der Waals surface area contributed by atoms with Gasteiger partial charge in [-0.15, -0.1) is 0 Å². The van der Waals surface area contributed by atoms with Gasteiger partial charge in [0.05, 0.1) is 12.5 Å². The second-order valence-electron chi connectivity index (χ2n) is 10.8. The summed E-state index contributed by atoms with van der Waals surface area (Å²) in [4.78, 5) is 25.0. The minimum absolute atomic E-state index is 0.0258. The largest absolute Gasteiger partial charge is 0.469 e. The van der Waals surface area contributed by atoms with Gasteiger partial charge in [-0.05, 0) is 87.0 Å². The quantitative estimate of drug-likeness (QED) is 0.591. The van der Waals surface area contributed by atoms with E-state index in [-0.39, 0.29) is 34.3 Å². The summed E-state index contributed by atoms with van der Waals surface area (Å²) < 4.78 is 11.4. The summed E-state index contributed by atoms with van der Waals surface area (Å²) in [7, 11) is 1.54. The molecule has 1 spiro atoms. The van der Waals surface area contributed by atoms with Crippen molar-refractivity contribution in [2.45, 2.75) is 78.2 Å². The van der Waals surface area contributed by atoms with Crippen LogP contribution in [0.15, 0.2) is 0 Å². The number of carbonyl (C=O) groups is 2. The lowest BCUT2D eigenvalue weighted by Crippen LogP contribution is -2.67. The van der Waals surface area contributed by atoms with Crippen molar-refractivity contribution in [3.63, 3.8) is 0 Å². The van der Waals surface area contributed by atoms with Gasteiger partial charge in [0.2, 0.25) is 0 Å². The highest BCUT2D eigenvalue weighted by Crippen LogP contribution is 2.72. The third-order valence-corrected chi connectivity index (χ3v) is 10.5. The van der Waals surface area contributed by atoms with Crippen molar-refractivity contribution < 1.29 is 19.1 Å². The van der Waals surface area contributed by atoms with Crippen molar-refractivity contribution in [1.82, 2.24) is 0 Å². The van der Waals surface area contributed by atoms with Crippen molar-refractivity contribution in [2.24, 2.45) is 39.9 Å². The first-order valence-electron chi connectivity index (χ1n) is 11.5. The highest BCUT2D eigenvalue weighted by molar-refractivity contribution is 7.98. The molecule has 0 N–H and O–H groups in total. The average Bonchev–Trinajstić information content (AvgIpc) is 2.69. The van der Waals surface area contributed by atoms with Crippen LogP contribution in [0.25, 0.3) is 0 Å². The third kappa shape index (κ3) is 3.00. The zero-order valence-corrected chi connectivity index (χ0v) is 19.6. The predicted molar refractivity (Wildman–Crippen MR) is 115 cm³/mol. The van der Waals surface area contributed by atoms with Gasteiger partial charge in [0.25, 0.3) is 0 Å². The number of carbonyl (C=O) groups excluding carboxylic acids is 2. The topological polar surface area (TPSA) is 52.6 Å². The van der Waals surface area contributed by atoms with E-state index in [0.29, 0.717) is 23.7 Å². The fourth-order valence-electron chi connectivity index (χ4n) is 8.72. The van der Waals surface area contributed by atoms with Crippen LogP contribution in [0.3, 0.4) is 0 Å². The molecule has 5 aliphatic carbocycles. The number of thioether (sulfide) groups is 1. The minimum atomic E-state index is -0.379. The first kappa shape index (κ1) is 21.5. The molecule has 0 aromatic rings. The molecule has 5 fully saturated rings. The number of hydrogen-bond donors (Lipinski definition) is 0. The molecule has 6 unspecified atom stereocenters. The van der Waals surface area contributed by atoms with E-state index < -0.39 is 0 Å². The molecule has 0 aliphatic heterocycles. The molecular formula is C24H38O4S. The molecule has 4 nitrogen and oxygen atoms in total. The predicted octanol–water partition coefficient (Wildman–Crippen LogP) is 5.09. The smallest absolute Gasteiger partial charge is 0.311 e. The molecule has 0 aromatic carbocycles. The van der Waals surface area contributed by atoms with Crippen LogP contribution in [0, 0.1) is 39.9 Å². The monoisotopic (exact) mass is 422 g/mol. The highest BCUT2D eigenvalue weighted by Gasteiger charge is 2.69. The first-order chi connectivity index (χ1) is 13.7. The number of rotatable bonds is 4. The van der Waals surface area contributed by atoms with Gasteiger partial charge in [-0.1, -0.05) is 13.3 Å². The molecule has 0 aromatic heterocycles. The van der Waals surface area contributed by atoms with Gasteiger partial charge in [-0.2, -0.15) is 11.8 Å². The molecule has 0 amide bonds. The lowest BCUT2D eigenvalue weighted by Gasteiger charge is -2.70. The van der Waals surface area contributed by atoms with E-state index >= 15 is 0 Å². The van der Waals surface area contributed by atoms with E-state index in [4.69, 9.17) is 9.47 Å². The molecule has 8 atom stereocenters. The standard InChI is InChI=1S/C24H38O4S/c1-15(25)28-20-17(14-29-5)16-7-11-24(20)12-8-18-22(2,19(24)13-16)9-6-10-23(18,3)21(26)27-4/h16-20H,6-14H2,1-5H3/t16?,17?,18?,19?,20?,22-,23-,24?/m1/s1. The van der Waals surface area contributed by atoms with Crippen molar-refractivity contribution in [1.29, 1.82) is 0 Å². The van der Waals surface area contributed by atoms with Crippen LogP contribution in [-0.4, -0.2) is 37.2 Å². The summed E-state index contributed by atoms with van der Waals surface area (Å²) in [5, 5.41) is 0. The summed E-state index contributed by atoms with van der Waals surface area (Å²) in [6, 6.07) is 0. The molecule has 0 radical (unpaired) electrons. The second kappa shape index (κ2) is 7.46. The molecule has 2 bridgehead atoms. The molecule has 164 valence electrons. The third-order valence-electron chi connectivity index (χ3n) is 9.75. The Balaban J connectivity index is 1.74. The van der Waals surface area contributed by atoms with Gasteiger partial charge in [0, 0.05) is 18.3 Å². The molecule has 5 saturated carbocycles. The summed E-state index contributed by atoms with van der Waals surface area (Å²) in [6.45, 7) is 6.19. The van der Waals surface area contributed by atoms with Gasteiger partial charge >= 0.3 is 11.9 Å². The van der Waals surface area contributed by atoms with Crippen LogP contribution in [0.5, 0.6) is 0 Å². The number of ether oxygens (including phenoxy) is 2. The molecule has 5 heteroatoms. The van der Waals surface area contributed by atoms with Gasteiger partial charge in [-0.25, -0.2) is 0 Å². The zero-order chi connectivity index (χ0) is 21.0. The fraction of sp³-hybridized carbons (Fsp3) is 0.917. The highest BCUT2D eigenvalue weighted by atomic mass is 32.2. The summed E-state index contributed by atoms with van der Waals surface area (Å²) in [6.07, 6.45) is 11.3. The van der Waals surface area contributed by atoms with Crippen molar-refractivity contribution in [2.75, 3.05) is 19.1 Å². The lowest BCUT2D eigenvalue weighted by molar-refractivity contribution is -0.249. The van der Waals surface area contributed by atoms with E-state index in [9.17, 15) is 9.59 Å². The van der Waals surface area contributed by atoms with E-state index in [1.807, 2.05) is 11.8 Å². The van der Waals surface area contributed by atoms with Crippen LogP contribution in [0.1, 0.15) is 72.1 Å². The van der Waals surface area contributed by atoms with Gasteiger partial charge in [0.15, 0.2) is 0 Å². The van der Waals surface area contributed by atoms with Crippen LogP contribution in [-0.2, 0) is 19.1 Å². The maximum atomic E-state index is 12.9.